The second kappa shape index (κ2) is 7.26. The maximum atomic E-state index is 13.2. The van der Waals surface area contributed by atoms with Gasteiger partial charge in [-0.2, -0.15) is 4.31 Å². The Labute approximate surface area is 172 Å². The Kier molecular flexibility index (Phi) is 4.71. The standard InChI is InChI=1S/C23H26N2O3S/c26-23(24-22(17-8-9-17)18-10-11-18)19-6-3-7-21(14-19)29(27,28)25-13-12-16-4-1-2-5-20(16)15-25/h1-7,14,17-18,22H,8-13,15H2,(H,24,26). The van der Waals surface area contributed by atoms with E-state index in [-0.39, 0.29) is 16.8 Å². The molecule has 0 radical (unpaired) electrons. The summed E-state index contributed by atoms with van der Waals surface area (Å²) in [5.41, 5.74) is 2.68. The minimum atomic E-state index is -3.64. The molecule has 2 aliphatic carbocycles. The fraction of sp³-hybridized carbons (Fsp3) is 0.435. The lowest BCUT2D eigenvalue weighted by Gasteiger charge is -2.28. The normalized spacial score (nSPS) is 19.8. The highest BCUT2D eigenvalue weighted by Gasteiger charge is 2.42. The summed E-state index contributed by atoms with van der Waals surface area (Å²) in [5.74, 6) is 1.05. The molecule has 6 heteroatoms. The number of nitrogens with zero attached hydrogens (tertiary/aromatic N) is 1. The first-order valence-corrected chi connectivity index (χ1v) is 11.9. The van der Waals surface area contributed by atoms with Crippen molar-refractivity contribution in [3.8, 4) is 0 Å². The molecule has 2 aromatic carbocycles. The number of amides is 1. The van der Waals surface area contributed by atoms with E-state index >= 15 is 0 Å². The molecule has 1 N–H and O–H groups in total. The highest BCUT2D eigenvalue weighted by Crippen LogP contribution is 2.44. The van der Waals surface area contributed by atoms with Gasteiger partial charge < -0.3 is 5.32 Å². The van der Waals surface area contributed by atoms with Gasteiger partial charge in [0.1, 0.15) is 0 Å². The quantitative estimate of drug-likeness (QED) is 0.794. The van der Waals surface area contributed by atoms with Crippen LogP contribution in [-0.2, 0) is 23.0 Å². The van der Waals surface area contributed by atoms with Gasteiger partial charge in [0, 0.05) is 24.7 Å². The van der Waals surface area contributed by atoms with Crippen molar-refractivity contribution >= 4 is 15.9 Å². The van der Waals surface area contributed by atoms with Crippen LogP contribution in [0.5, 0.6) is 0 Å². The Hall–Kier alpha value is -2.18. The van der Waals surface area contributed by atoms with Crippen molar-refractivity contribution in [2.45, 2.75) is 49.6 Å². The average Bonchev–Trinajstić information content (AvgIpc) is 3.65. The minimum Gasteiger partial charge on any atom is -0.349 e. The third-order valence-corrected chi connectivity index (χ3v) is 8.23. The highest BCUT2D eigenvalue weighted by molar-refractivity contribution is 7.89. The summed E-state index contributed by atoms with van der Waals surface area (Å²) in [6.45, 7) is 0.835. The lowest BCUT2D eigenvalue weighted by molar-refractivity contribution is 0.0926. The number of hydrogen-bond acceptors (Lipinski definition) is 3. The largest absolute Gasteiger partial charge is 0.349 e. The van der Waals surface area contributed by atoms with Crippen LogP contribution in [0, 0.1) is 11.8 Å². The molecule has 0 saturated heterocycles. The molecule has 0 unspecified atom stereocenters. The van der Waals surface area contributed by atoms with Gasteiger partial charge in [0.2, 0.25) is 10.0 Å². The number of sulfonamides is 1. The first kappa shape index (κ1) is 18.8. The van der Waals surface area contributed by atoms with Crippen LogP contribution in [0.4, 0.5) is 0 Å². The zero-order chi connectivity index (χ0) is 20.0. The molecule has 2 saturated carbocycles. The van der Waals surface area contributed by atoms with Crippen LogP contribution in [0.3, 0.4) is 0 Å². The number of fused-ring (bicyclic) bond motifs is 1. The average molecular weight is 411 g/mol. The molecule has 1 aliphatic heterocycles. The van der Waals surface area contributed by atoms with Crippen molar-refractivity contribution in [1.82, 2.24) is 9.62 Å². The van der Waals surface area contributed by atoms with Gasteiger partial charge in [0.15, 0.2) is 0 Å². The van der Waals surface area contributed by atoms with E-state index < -0.39 is 10.0 Å². The number of carbonyl (C=O) groups excluding carboxylic acids is 1. The predicted molar refractivity (Wildman–Crippen MR) is 111 cm³/mol. The van der Waals surface area contributed by atoms with Crippen LogP contribution < -0.4 is 5.32 Å². The number of nitrogens with one attached hydrogen (secondary N) is 1. The Morgan fingerprint density at radius 2 is 1.66 bits per heavy atom. The summed E-state index contributed by atoms with van der Waals surface area (Å²) in [4.78, 5) is 13.0. The van der Waals surface area contributed by atoms with Crippen LogP contribution >= 0.6 is 0 Å². The van der Waals surface area contributed by atoms with E-state index in [4.69, 9.17) is 0 Å². The number of carbonyl (C=O) groups is 1. The van der Waals surface area contributed by atoms with Gasteiger partial charge in [-0.05, 0) is 73.3 Å². The number of rotatable bonds is 6. The third-order valence-electron chi connectivity index (χ3n) is 6.39. The Morgan fingerprint density at radius 3 is 2.34 bits per heavy atom. The van der Waals surface area contributed by atoms with Crippen molar-refractivity contribution in [3.05, 3.63) is 65.2 Å². The van der Waals surface area contributed by atoms with Gasteiger partial charge in [0.25, 0.3) is 5.91 Å². The van der Waals surface area contributed by atoms with E-state index in [1.807, 2.05) is 18.2 Å². The molecule has 0 bridgehead atoms. The van der Waals surface area contributed by atoms with Gasteiger partial charge in [-0.3, -0.25) is 4.79 Å². The Balaban J connectivity index is 1.35. The van der Waals surface area contributed by atoms with Gasteiger partial charge in [0.05, 0.1) is 4.90 Å². The molecule has 3 aliphatic rings. The predicted octanol–water partition coefficient (Wildman–Crippen LogP) is 3.35. The fourth-order valence-electron chi connectivity index (χ4n) is 4.39. The van der Waals surface area contributed by atoms with Crippen molar-refractivity contribution in [2.24, 2.45) is 11.8 Å². The van der Waals surface area contributed by atoms with Crippen molar-refractivity contribution in [1.29, 1.82) is 0 Å². The highest BCUT2D eigenvalue weighted by atomic mass is 32.2. The number of benzene rings is 2. The van der Waals surface area contributed by atoms with Crippen LogP contribution in [0.25, 0.3) is 0 Å². The van der Waals surface area contributed by atoms with Crippen LogP contribution in [-0.4, -0.2) is 31.2 Å². The zero-order valence-corrected chi connectivity index (χ0v) is 17.2. The molecule has 152 valence electrons. The first-order chi connectivity index (χ1) is 14.0. The molecule has 0 aromatic heterocycles. The second-order valence-electron chi connectivity index (χ2n) is 8.56. The van der Waals surface area contributed by atoms with Crippen LogP contribution in [0.15, 0.2) is 53.4 Å². The SMILES string of the molecule is O=C(NC(C1CC1)C1CC1)c1cccc(S(=O)(=O)N2CCc3ccccc3C2)c1. The summed E-state index contributed by atoms with van der Waals surface area (Å²) in [7, 11) is -3.64. The summed E-state index contributed by atoms with van der Waals surface area (Å²) in [6.07, 6.45) is 5.46. The molecule has 5 rings (SSSR count). The molecule has 29 heavy (non-hydrogen) atoms. The topological polar surface area (TPSA) is 66.5 Å². The molecule has 2 aromatic rings. The van der Waals surface area contributed by atoms with Crippen molar-refractivity contribution in [2.75, 3.05) is 6.54 Å². The monoisotopic (exact) mass is 410 g/mol. The lowest BCUT2D eigenvalue weighted by Crippen LogP contribution is -2.38. The number of hydrogen-bond donors (Lipinski definition) is 1. The lowest BCUT2D eigenvalue weighted by atomic mass is 10.0. The molecule has 2 fully saturated rings. The summed E-state index contributed by atoms with van der Waals surface area (Å²) in [5, 5.41) is 3.18. The molecule has 5 nitrogen and oxygen atoms in total. The summed E-state index contributed by atoms with van der Waals surface area (Å²) >= 11 is 0. The first-order valence-electron chi connectivity index (χ1n) is 10.5. The van der Waals surface area contributed by atoms with Crippen molar-refractivity contribution < 1.29 is 13.2 Å². The molecular weight excluding hydrogens is 384 g/mol. The van der Waals surface area contributed by atoms with Gasteiger partial charge in [-0.1, -0.05) is 30.3 Å². The minimum absolute atomic E-state index is 0.158. The fourth-order valence-corrected chi connectivity index (χ4v) is 5.85. The zero-order valence-electron chi connectivity index (χ0n) is 16.4. The van der Waals surface area contributed by atoms with E-state index in [2.05, 4.69) is 11.4 Å². The molecule has 1 amide bonds. The summed E-state index contributed by atoms with van der Waals surface area (Å²) in [6, 6.07) is 14.7. The maximum absolute atomic E-state index is 13.2. The third kappa shape index (κ3) is 3.83. The molecule has 0 spiro atoms. The van der Waals surface area contributed by atoms with Gasteiger partial charge in [-0.15, -0.1) is 0 Å². The van der Waals surface area contributed by atoms with Crippen molar-refractivity contribution in [3.63, 3.8) is 0 Å². The van der Waals surface area contributed by atoms with Crippen LogP contribution in [0.2, 0.25) is 0 Å². The maximum Gasteiger partial charge on any atom is 0.251 e. The Morgan fingerprint density at radius 1 is 0.966 bits per heavy atom. The smallest absolute Gasteiger partial charge is 0.251 e. The summed E-state index contributed by atoms with van der Waals surface area (Å²) < 4.78 is 28.0. The van der Waals surface area contributed by atoms with Crippen LogP contribution in [0.1, 0.15) is 47.2 Å². The van der Waals surface area contributed by atoms with E-state index in [1.54, 1.807) is 18.2 Å². The van der Waals surface area contributed by atoms with E-state index in [9.17, 15) is 13.2 Å². The van der Waals surface area contributed by atoms with E-state index in [0.717, 1.165) is 5.56 Å². The van der Waals surface area contributed by atoms with Gasteiger partial charge in [-0.25, -0.2) is 8.42 Å². The molecule has 0 atom stereocenters. The second-order valence-corrected chi connectivity index (χ2v) is 10.5. The van der Waals surface area contributed by atoms with E-state index in [0.29, 0.717) is 36.9 Å². The Bertz CT molecular complexity index is 1030. The van der Waals surface area contributed by atoms with Gasteiger partial charge >= 0.3 is 0 Å². The molecule has 1 heterocycles. The molecular formula is C23H26N2O3S. The van der Waals surface area contributed by atoms with E-state index in [1.165, 1.54) is 41.6 Å².